The van der Waals surface area contributed by atoms with E-state index in [1.807, 2.05) is 6.07 Å². The van der Waals surface area contributed by atoms with Crippen molar-refractivity contribution in [2.75, 3.05) is 12.4 Å². The third kappa shape index (κ3) is 4.69. The van der Waals surface area contributed by atoms with Crippen LogP contribution in [-0.2, 0) is 5.54 Å². The average Bonchev–Trinajstić information content (AvgIpc) is 2.39. The number of halogens is 1. The van der Waals surface area contributed by atoms with Crippen molar-refractivity contribution in [1.82, 2.24) is 5.32 Å². The van der Waals surface area contributed by atoms with Crippen LogP contribution >= 0.6 is 11.6 Å². The molecule has 0 spiro atoms. The van der Waals surface area contributed by atoms with E-state index in [0.29, 0.717) is 5.88 Å². The van der Waals surface area contributed by atoms with E-state index < -0.39 is 0 Å². The Morgan fingerprint density at radius 1 is 1.12 bits per heavy atom. The molecule has 1 aromatic carbocycles. The van der Waals surface area contributed by atoms with Crippen LogP contribution in [-0.4, -0.2) is 12.4 Å². The van der Waals surface area contributed by atoms with E-state index in [0.717, 1.165) is 6.54 Å². The van der Waals surface area contributed by atoms with E-state index in [2.05, 4.69) is 43.4 Å². The summed E-state index contributed by atoms with van der Waals surface area (Å²) in [7, 11) is 0. The largest absolute Gasteiger partial charge is 0.307 e. The molecule has 0 radical (unpaired) electrons. The molecule has 0 fully saturated rings. The van der Waals surface area contributed by atoms with E-state index in [4.69, 9.17) is 11.6 Å². The molecule has 1 N–H and O–H groups in total. The molecule has 96 valence electrons. The van der Waals surface area contributed by atoms with Crippen LogP contribution in [0.1, 0.15) is 45.1 Å². The quantitative estimate of drug-likeness (QED) is 0.538. The molecule has 1 unspecified atom stereocenters. The minimum atomic E-state index is -0.102. The summed E-state index contributed by atoms with van der Waals surface area (Å²) in [6, 6.07) is 10.5. The summed E-state index contributed by atoms with van der Waals surface area (Å²) in [5, 5.41) is 3.59. The first-order chi connectivity index (χ1) is 8.23. The summed E-state index contributed by atoms with van der Waals surface area (Å²) in [5.74, 6) is 0.602. The van der Waals surface area contributed by atoms with Crippen molar-refractivity contribution < 1.29 is 0 Å². The van der Waals surface area contributed by atoms with Crippen LogP contribution in [0.3, 0.4) is 0 Å². The zero-order chi connectivity index (χ0) is 12.6. The number of rotatable bonds is 8. The lowest BCUT2D eigenvalue weighted by atomic mass is 9.94. The van der Waals surface area contributed by atoms with Gasteiger partial charge in [0.25, 0.3) is 0 Å². The van der Waals surface area contributed by atoms with Gasteiger partial charge in [-0.2, -0.15) is 0 Å². The Balaban J connectivity index is 2.46. The van der Waals surface area contributed by atoms with Crippen molar-refractivity contribution >= 4 is 11.6 Å². The molecule has 2 heteroatoms. The standard InChI is InChI=1S/C15H24ClN/c1-3-4-5-9-12-17-15(2,13-16)14-10-7-6-8-11-14/h6-8,10-11,17H,3-5,9,12-13H2,1-2H3. The molecular formula is C15H24ClN. The molecule has 0 heterocycles. The van der Waals surface area contributed by atoms with Gasteiger partial charge in [0, 0.05) is 5.88 Å². The zero-order valence-electron chi connectivity index (χ0n) is 11.0. The molecule has 17 heavy (non-hydrogen) atoms. The van der Waals surface area contributed by atoms with Gasteiger partial charge in [0.05, 0.1) is 5.54 Å². The average molecular weight is 254 g/mol. The second kappa shape index (κ2) is 7.73. The van der Waals surface area contributed by atoms with Crippen molar-refractivity contribution in [3.05, 3.63) is 35.9 Å². The van der Waals surface area contributed by atoms with Crippen LogP contribution in [0.4, 0.5) is 0 Å². The number of nitrogens with one attached hydrogen (secondary N) is 1. The molecule has 0 aliphatic heterocycles. The van der Waals surface area contributed by atoms with E-state index in [-0.39, 0.29) is 5.54 Å². The van der Waals surface area contributed by atoms with Crippen molar-refractivity contribution in [2.45, 2.75) is 45.1 Å². The molecule has 1 aromatic rings. The first kappa shape index (κ1) is 14.5. The first-order valence-corrected chi connectivity index (χ1v) is 7.13. The zero-order valence-corrected chi connectivity index (χ0v) is 11.8. The van der Waals surface area contributed by atoms with Crippen LogP contribution < -0.4 is 5.32 Å². The Kier molecular flexibility index (Phi) is 6.61. The van der Waals surface area contributed by atoms with Crippen LogP contribution in [0.5, 0.6) is 0 Å². The maximum Gasteiger partial charge on any atom is 0.0543 e. The number of benzene rings is 1. The smallest absolute Gasteiger partial charge is 0.0543 e. The highest BCUT2D eigenvalue weighted by Gasteiger charge is 2.23. The third-order valence-electron chi connectivity index (χ3n) is 3.22. The van der Waals surface area contributed by atoms with Crippen molar-refractivity contribution in [3.63, 3.8) is 0 Å². The van der Waals surface area contributed by atoms with Crippen molar-refractivity contribution in [3.8, 4) is 0 Å². The summed E-state index contributed by atoms with van der Waals surface area (Å²) < 4.78 is 0. The minimum Gasteiger partial charge on any atom is -0.307 e. The summed E-state index contributed by atoms with van der Waals surface area (Å²) in [6.45, 7) is 5.45. The van der Waals surface area contributed by atoms with Crippen LogP contribution in [0.25, 0.3) is 0 Å². The summed E-state index contributed by atoms with van der Waals surface area (Å²) >= 11 is 6.12. The number of unbranched alkanes of at least 4 members (excludes halogenated alkanes) is 3. The van der Waals surface area contributed by atoms with E-state index in [9.17, 15) is 0 Å². The maximum atomic E-state index is 6.12. The minimum absolute atomic E-state index is 0.102. The van der Waals surface area contributed by atoms with Crippen LogP contribution in [0.15, 0.2) is 30.3 Å². The van der Waals surface area contributed by atoms with E-state index >= 15 is 0 Å². The fourth-order valence-electron chi connectivity index (χ4n) is 1.95. The maximum absolute atomic E-state index is 6.12. The molecule has 0 bridgehead atoms. The van der Waals surface area contributed by atoms with E-state index in [1.165, 1.54) is 31.2 Å². The molecule has 1 rings (SSSR count). The third-order valence-corrected chi connectivity index (χ3v) is 3.76. The fourth-order valence-corrected chi connectivity index (χ4v) is 2.20. The monoisotopic (exact) mass is 253 g/mol. The number of alkyl halides is 1. The second-order valence-electron chi connectivity index (χ2n) is 4.82. The van der Waals surface area contributed by atoms with Crippen LogP contribution in [0.2, 0.25) is 0 Å². The van der Waals surface area contributed by atoms with Gasteiger partial charge in [-0.25, -0.2) is 0 Å². The van der Waals surface area contributed by atoms with Gasteiger partial charge in [-0.3, -0.25) is 0 Å². The van der Waals surface area contributed by atoms with Gasteiger partial charge in [-0.15, -0.1) is 11.6 Å². The van der Waals surface area contributed by atoms with Gasteiger partial charge in [-0.05, 0) is 25.5 Å². The molecule has 0 saturated heterocycles. The number of hydrogen-bond acceptors (Lipinski definition) is 1. The van der Waals surface area contributed by atoms with Crippen LogP contribution in [0, 0.1) is 0 Å². The van der Waals surface area contributed by atoms with Crippen molar-refractivity contribution in [1.29, 1.82) is 0 Å². The van der Waals surface area contributed by atoms with Gasteiger partial charge >= 0.3 is 0 Å². The topological polar surface area (TPSA) is 12.0 Å². The Labute approximate surface area is 111 Å². The highest BCUT2D eigenvalue weighted by molar-refractivity contribution is 6.18. The number of hydrogen-bond donors (Lipinski definition) is 1. The summed E-state index contributed by atoms with van der Waals surface area (Å²) in [5.41, 5.74) is 1.17. The second-order valence-corrected chi connectivity index (χ2v) is 5.09. The molecule has 1 nitrogen and oxygen atoms in total. The van der Waals surface area contributed by atoms with Gasteiger partial charge in [-0.1, -0.05) is 56.5 Å². The predicted molar refractivity (Wildman–Crippen MR) is 76.7 cm³/mol. The van der Waals surface area contributed by atoms with Gasteiger partial charge < -0.3 is 5.32 Å². The molecular weight excluding hydrogens is 230 g/mol. The Hall–Kier alpha value is -0.530. The Bertz CT molecular complexity index is 299. The van der Waals surface area contributed by atoms with E-state index in [1.54, 1.807) is 0 Å². The lowest BCUT2D eigenvalue weighted by molar-refractivity contribution is 0.400. The first-order valence-electron chi connectivity index (χ1n) is 6.59. The SMILES string of the molecule is CCCCCCNC(C)(CCl)c1ccccc1. The molecule has 0 saturated carbocycles. The fraction of sp³-hybridized carbons (Fsp3) is 0.600. The molecule has 0 aliphatic rings. The Morgan fingerprint density at radius 3 is 2.41 bits per heavy atom. The molecule has 0 amide bonds. The van der Waals surface area contributed by atoms with Crippen molar-refractivity contribution in [2.24, 2.45) is 0 Å². The lowest BCUT2D eigenvalue weighted by Gasteiger charge is -2.29. The van der Waals surface area contributed by atoms with Gasteiger partial charge in [0.1, 0.15) is 0 Å². The highest BCUT2D eigenvalue weighted by atomic mass is 35.5. The molecule has 0 aliphatic carbocycles. The molecule has 0 aromatic heterocycles. The normalized spacial score (nSPS) is 14.5. The molecule has 1 atom stereocenters. The summed E-state index contributed by atoms with van der Waals surface area (Å²) in [6.07, 6.45) is 5.14. The van der Waals surface area contributed by atoms with Gasteiger partial charge in [0.15, 0.2) is 0 Å². The highest BCUT2D eigenvalue weighted by Crippen LogP contribution is 2.22. The predicted octanol–water partition coefficient (Wildman–Crippen LogP) is 4.31. The summed E-state index contributed by atoms with van der Waals surface area (Å²) in [4.78, 5) is 0. The van der Waals surface area contributed by atoms with Gasteiger partial charge in [0.2, 0.25) is 0 Å². The lowest BCUT2D eigenvalue weighted by Crippen LogP contribution is -2.41. The Morgan fingerprint density at radius 2 is 1.82 bits per heavy atom.